The van der Waals surface area contributed by atoms with Crippen molar-refractivity contribution in [3.8, 4) is 0 Å². The van der Waals surface area contributed by atoms with Crippen LogP contribution in [0.1, 0.15) is 52.9 Å². The molecule has 0 aliphatic heterocycles. The highest BCUT2D eigenvalue weighted by atomic mass is 16.5. The zero-order chi connectivity index (χ0) is 10.6. The van der Waals surface area contributed by atoms with Gasteiger partial charge in [0.05, 0.1) is 11.7 Å². The first-order valence-corrected chi connectivity index (χ1v) is 5.96. The van der Waals surface area contributed by atoms with Crippen LogP contribution >= 0.6 is 0 Å². The molecule has 0 spiro atoms. The first kappa shape index (κ1) is 12.0. The third-order valence-corrected chi connectivity index (χ3v) is 3.38. The molecule has 0 aromatic carbocycles. The third-order valence-electron chi connectivity index (χ3n) is 3.38. The van der Waals surface area contributed by atoms with Gasteiger partial charge < -0.3 is 10.5 Å². The molecular weight excluding hydrogens is 174 g/mol. The van der Waals surface area contributed by atoms with E-state index in [1.165, 1.54) is 32.1 Å². The van der Waals surface area contributed by atoms with Crippen LogP contribution in [0.2, 0.25) is 0 Å². The highest BCUT2D eigenvalue weighted by molar-refractivity contribution is 4.87. The minimum Gasteiger partial charge on any atom is -0.371 e. The van der Waals surface area contributed by atoms with Crippen LogP contribution in [0, 0.1) is 5.92 Å². The Hall–Kier alpha value is -0.0800. The summed E-state index contributed by atoms with van der Waals surface area (Å²) in [5.41, 5.74) is 5.77. The Labute approximate surface area is 88.2 Å². The molecule has 14 heavy (non-hydrogen) atoms. The largest absolute Gasteiger partial charge is 0.371 e. The van der Waals surface area contributed by atoms with Crippen LogP contribution < -0.4 is 5.73 Å². The predicted octanol–water partition coefficient (Wildman–Crippen LogP) is 2.71. The van der Waals surface area contributed by atoms with Gasteiger partial charge in [0.1, 0.15) is 0 Å². The SMILES string of the molecule is CC(C)OC(C)(CN)C1CCCCC1. The maximum absolute atomic E-state index is 6.00. The second-order valence-corrected chi connectivity index (χ2v) is 5.02. The first-order valence-electron chi connectivity index (χ1n) is 5.96. The molecule has 0 saturated heterocycles. The van der Waals surface area contributed by atoms with Gasteiger partial charge in [-0.2, -0.15) is 0 Å². The van der Waals surface area contributed by atoms with Crippen molar-refractivity contribution in [3.63, 3.8) is 0 Å². The van der Waals surface area contributed by atoms with Gasteiger partial charge in [-0.3, -0.25) is 0 Å². The molecule has 1 aliphatic rings. The smallest absolute Gasteiger partial charge is 0.0807 e. The van der Waals surface area contributed by atoms with Crippen molar-refractivity contribution in [2.24, 2.45) is 11.7 Å². The molecule has 0 bridgehead atoms. The molecule has 1 saturated carbocycles. The van der Waals surface area contributed by atoms with E-state index in [1.54, 1.807) is 0 Å². The Balaban J connectivity index is 2.56. The van der Waals surface area contributed by atoms with Gasteiger partial charge in [-0.15, -0.1) is 0 Å². The van der Waals surface area contributed by atoms with Crippen LogP contribution in [-0.2, 0) is 4.74 Å². The van der Waals surface area contributed by atoms with Gasteiger partial charge in [-0.1, -0.05) is 19.3 Å². The lowest BCUT2D eigenvalue weighted by atomic mass is 9.77. The molecule has 0 heterocycles. The maximum Gasteiger partial charge on any atom is 0.0807 e. The summed E-state index contributed by atoms with van der Waals surface area (Å²) < 4.78 is 6.00. The fourth-order valence-electron chi connectivity index (χ4n) is 2.56. The summed E-state index contributed by atoms with van der Waals surface area (Å²) in [5, 5.41) is 0. The second-order valence-electron chi connectivity index (χ2n) is 5.02. The maximum atomic E-state index is 6.00. The van der Waals surface area contributed by atoms with Crippen LogP contribution in [0.15, 0.2) is 0 Å². The average molecular weight is 199 g/mol. The van der Waals surface area contributed by atoms with Crippen molar-refractivity contribution in [2.45, 2.75) is 64.6 Å². The zero-order valence-corrected chi connectivity index (χ0v) is 9.88. The van der Waals surface area contributed by atoms with Crippen molar-refractivity contribution in [1.82, 2.24) is 0 Å². The lowest BCUT2D eigenvalue weighted by Gasteiger charge is -2.40. The van der Waals surface area contributed by atoms with Crippen molar-refractivity contribution >= 4 is 0 Å². The molecule has 2 nitrogen and oxygen atoms in total. The summed E-state index contributed by atoms with van der Waals surface area (Å²) in [6.45, 7) is 7.02. The van der Waals surface area contributed by atoms with Gasteiger partial charge >= 0.3 is 0 Å². The first-order chi connectivity index (χ1) is 6.58. The molecule has 0 aromatic rings. The molecule has 0 aromatic heterocycles. The van der Waals surface area contributed by atoms with E-state index in [0.29, 0.717) is 12.5 Å². The number of ether oxygens (including phenoxy) is 1. The molecule has 1 aliphatic carbocycles. The van der Waals surface area contributed by atoms with Gasteiger partial charge in [-0.25, -0.2) is 0 Å². The Kier molecular flexibility index (Phi) is 4.39. The molecule has 1 atom stereocenters. The van der Waals surface area contributed by atoms with Gasteiger partial charge in [0.15, 0.2) is 0 Å². The summed E-state index contributed by atoms with van der Waals surface area (Å²) in [4.78, 5) is 0. The number of hydrogen-bond acceptors (Lipinski definition) is 2. The molecule has 1 fully saturated rings. The zero-order valence-electron chi connectivity index (χ0n) is 9.88. The lowest BCUT2D eigenvalue weighted by molar-refractivity contribution is -0.106. The van der Waals surface area contributed by atoms with E-state index in [0.717, 1.165) is 0 Å². The monoisotopic (exact) mass is 199 g/mol. The third kappa shape index (κ3) is 2.96. The molecule has 2 N–H and O–H groups in total. The van der Waals surface area contributed by atoms with E-state index in [2.05, 4.69) is 20.8 Å². The summed E-state index contributed by atoms with van der Waals surface area (Å²) in [6.07, 6.45) is 6.95. The summed E-state index contributed by atoms with van der Waals surface area (Å²) in [5.74, 6) is 0.670. The number of rotatable bonds is 4. The van der Waals surface area contributed by atoms with Gasteiger partial charge in [0.25, 0.3) is 0 Å². The molecule has 1 rings (SSSR count). The van der Waals surface area contributed by atoms with E-state index < -0.39 is 0 Å². The minimum absolute atomic E-state index is 0.0887. The molecular formula is C12H25NO. The Morgan fingerprint density at radius 1 is 1.29 bits per heavy atom. The minimum atomic E-state index is -0.0887. The number of nitrogens with two attached hydrogens (primary N) is 1. The molecule has 0 amide bonds. The van der Waals surface area contributed by atoms with Crippen molar-refractivity contribution in [2.75, 3.05) is 6.54 Å². The van der Waals surface area contributed by atoms with Gasteiger partial charge in [-0.05, 0) is 39.5 Å². The normalized spacial score (nSPS) is 23.8. The Morgan fingerprint density at radius 3 is 2.29 bits per heavy atom. The highest BCUT2D eigenvalue weighted by Crippen LogP contribution is 2.35. The van der Waals surface area contributed by atoms with Crippen LogP contribution in [0.25, 0.3) is 0 Å². The quantitative estimate of drug-likeness (QED) is 0.755. The highest BCUT2D eigenvalue weighted by Gasteiger charge is 2.35. The molecule has 2 heteroatoms. The fraction of sp³-hybridized carbons (Fsp3) is 1.00. The van der Waals surface area contributed by atoms with Crippen LogP contribution in [0.5, 0.6) is 0 Å². The van der Waals surface area contributed by atoms with E-state index in [-0.39, 0.29) is 11.7 Å². The van der Waals surface area contributed by atoms with Gasteiger partial charge in [0, 0.05) is 6.54 Å². The summed E-state index contributed by atoms with van der Waals surface area (Å²) in [6, 6.07) is 0. The fourth-order valence-corrected chi connectivity index (χ4v) is 2.56. The molecule has 84 valence electrons. The van der Waals surface area contributed by atoms with Crippen molar-refractivity contribution < 1.29 is 4.74 Å². The molecule has 1 unspecified atom stereocenters. The van der Waals surface area contributed by atoms with Crippen LogP contribution in [0.3, 0.4) is 0 Å². The van der Waals surface area contributed by atoms with E-state index in [1.807, 2.05) is 0 Å². The lowest BCUT2D eigenvalue weighted by Crippen LogP contribution is -2.47. The van der Waals surface area contributed by atoms with Crippen LogP contribution in [-0.4, -0.2) is 18.2 Å². The van der Waals surface area contributed by atoms with Crippen molar-refractivity contribution in [3.05, 3.63) is 0 Å². The Bertz CT molecular complexity index is 164. The second kappa shape index (κ2) is 5.13. The van der Waals surface area contributed by atoms with E-state index in [9.17, 15) is 0 Å². The predicted molar refractivity (Wildman–Crippen MR) is 60.3 cm³/mol. The van der Waals surface area contributed by atoms with E-state index in [4.69, 9.17) is 10.5 Å². The molecule has 0 radical (unpaired) electrons. The van der Waals surface area contributed by atoms with Crippen molar-refractivity contribution in [1.29, 1.82) is 0 Å². The number of hydrogen-bond donors (Lipinski definition) is 1. The average Bonchev–Trinajstić information content (AvgIpc) is 2.18. The topological polar surface area (TPSA) is 35.2 Å². The summed E-state index contributed by atoms with van der Waals surface area (Å²) >= 11 is 0. The van der Waals surface area contributed by atoms with Crippen LogP contribution in [0.4, 0.5) is 0 Å². The van der Waals surface area contributed by atoms with E-state index >= 15 is 0 Å². The van der Waals surface area contributed by atoms with Gasteiger partial charge in [0.2, 0.25) is 0 Å². The Morgan fingerprint density at radius 2 is 1.86 bits per heavy atom. The standard InChI is InChI=1S/C12H25NO/c1-10(2)14-12(3,9-13)11-7-5-4-6-8-11/h10-11H,4-9,13H2,1-3H3. The summed E-state index contributed by atoms with van der Waals surface area (Å²) in [7, 11) is 0.